The molecule has 0 spiro atoms. The Balaban J connectivity index is 1.98. The van der Waals surface area contributed by atoms with E-state index >= 15 is 0 Å². The number of aliphatic hydroxyl groups is 1. The molecule has 0 radical (unpaired) electrons. The van der Waals surface area contributed by atoms with Crippen LogP contribution in [0.3, 0.4) is 0 Å². The van der Waals surface area contributed by atoms with E-state index in [0.29, 0.717) is 18.8 Å². The molecule has 1 amide bonds. The number of nitrogens with one attached hydrogen (secondary N) is 1. The molecule has 3 heteroatoms. The molecule has 0 atom stereocenters. The average molecular weight is 285 g/mol. The van der Waals surface area contributed by atoms with Crippen LogP contribution in [0.4, 0.5) is 5.69 Å². The lowest BCUT2D eigenvalue weighted by atomic mass is 10.0. The minimum absolute atomic E-state index is 0.0733. The lowest BCUT2D eigenvalue weighted by Crippen LogP contribution is -2.15. The van der Waals surface area contributed by atoms with E-state index < -0.39 is 0 Å². The van der Waals surface area contributed by atoms with Crippen molar-refractivity contribution in [1.82, 2.24) is 0 Å². The first-order valence-corrected chi connectivity index (χ1v) is 7.69. The van der Waals surface area contributed by atoms with Crippen LogP contribution in [0.2, 0.25) is 0 Å². The van der Waals surface area contributed by atoms with Crippen LogP contribution in [0, 0.1) is 24.7 Å². The molecule has 3 nitrogen and oxygen atoms in total. The summed E-state index contributed by atoms with van der Waals surface area (Å²) in [7, 11) is 0. The molecule has 1 aromatic rings. The fourth-order valence-corrected chi connectivity index (χ4v) is 2.74. The number of hydrogen-bond donors (Lipinski definition) is 2. The second kappa shape index (κ2) is 7.85. The number of benzene rings is 1. The van der Waals surface area contributed by atoms with Gasteiger partial charge in [0.1, 0.15) is 0 Å². The molecule has 0 saturated heterocycles. The van der Waals surface area contributed by atoms with Gasteiger partial charge in [-0.3, -0.25) is 4.79 Å². The van der Waals surface area contributed by atoms with Gasteiger partial charge in [0.25, 0.3) is 0 Å². The number of carbonyl (C=O) groups is 1. The van der Waals surface area contributed by atoms with Crippen LogP contribution in [0.25, 0.3) is 0 Å². The number of anilines is 1. The summed E-state index contributed by atoms with van der Waals surface area (Å²) in [6.07, 6.45) is 5.97. The van der Waals surface area contributed by atoms with Crippen molar-refractivity contribution < 1.29 is 9.90 Å². The maximum absolute atomic E-state index is 12.0. The van der Waals surface area contributed by atoms with Crippen molar-refractivity contribution in [2.75, 3.05) is 11.9 Å². The highest BCUT2D eigenvalue weighted by atomic mass is 16.2. The smallest absolute Gasteiger partial charge is 0.224 e. The van der Waals surface area contributed by atoms with Gasteiger partial charge in [0.2, 0.25) is 5.91 Å². The molecule has 1 fully saturated rings. The lowest BCUT2D eigenvalue weighted by Gasteiger charge is -2.10. The molecular weight excluding hydrogens is 262 g/mol. The number of rotatable bonds is 4. The SMILES string of the molecule is Cc1ccc(NC(=O)CC2CCCC2)cc1C#CCCO. The summed E-state index contributed by atoms with van der Waals surface area (Å²) in [5, 5.41) is 11.7. The van der Waals surface area contributed by atoms with Crippen LogP contribution in [0.1, 0.15) is 49.7 Å². The topological polar surface area (TPSA) is 49.3 Å². The molecule has 1 aliphatic rings. The summed E-state index contributed by atoms with van der Waals surface area (Å²) < 4.78 is 0. The summed E-state index contributed by atoms with van der Waals surface area (Å²) in [6.45, 7) is 2.07. The second-order valence-electron chi connectivity index (χ2n) is 5.71. The van der Waals surface area contributed by atoms with Crippen LogP contribution in [0.15, 0.2) is 18.2 Å². The fraction of sp³-hybridized carbons (Fsp3) is 0.500. The van der Waals surface area contributed by atoms with Gasteiger partial charge in [-0.2, -0.15) is 0 Å². The van der Waals surface area contributed by atoms with E-state index in [9.17, 15) is 4.79 Å². The number of hydrogen-bond acceptors (Lipinski definition) is 2. The van der Waals surface area contributed by atoms with Crippen LogP contribution in [0.5, 0.6) is 0 Å². The lowest BCUT2D eigenvalue weighted by molar-refractivity contribution is -0.117. The van der Waals surface area contributed by atoms with Gasteiger partial charge >= 0.3 is 0 Å². The van der Waals surface area contributed by atoms with E-state index in [4.69, 9.17) is 5.11 Å². The third kappa shape index (κ3) is 4.91. The highest BCUT2D eigenvalue weighted by molar-refractivity contribution is 5.91. The normalized spacial score (nSPS) is 14.6. The zero-order chi connectivity index (χ0) is 15.1. The summed E-state index contributed by atoms with van der Waals surface area (Å²) in [4.78, 5) is 12.0. The Labute approximate surface area is 126 Å². The predicted molar refractivity (Wildman–Crippen MR) is 85.0 cm³/mol. The Kier molecular flexibility index (Phi) is 5.83. The maximum Gasteiger partial charge on any atom is 0.224 e. The van der Waals surface area contributed by atoms with Crippen molar-refractivity contribution in [2.24, 2.45) is 5.92 Å². The van der Waals surface area contributed by atoms with Crippen molar-refractivity contribution in [3.63, 3.8) is 0 Å². The zero-order valence-corrected chi connectivity index (χ0v) is 12.6. The van der Waals surface area contributed by atoms with Crippen LogP contribution >= 0.6 is 0 Å². The summed E-state index contributed by atoms with van der Waals surface area (Å²) in [5.41, 5.74) is 2.79. The van der Waals surface area contributed by atoms with E-state index in [1.54, 1.807) is 0 Å². The van der Waals surface area contributed by atoms with Gasteiger partial charge in [-0.25, -0.2) is 0 Å². The van der Waals surface area contributed by atoms with Gasteiger partial charge in [-0.15, -0.1) is 0 Å². The molecule has 0 aliphatic heterocycles. The number of aliphatic hydroxyl groups excluding tert-OH is 1. The van der Waals surface area contributed by atoms with Gasteiger partial charge in [0.05, 0.1) is 6.61 Å². The van der Waals surface area contributed by atoms with Crippen LogP contribution < -0.4 is 5.32 Å². The first-order chi connectivity index (χ1) is 10.2. The van der Waals surface area contributed by atoms with E-state index in [1.807, 2.05) is 25.1 Å². The fourth-order valence-electron chi connectivity index (χ4n) is 2.74. The minimum atomic E-state index is 0.0733. The van der Waals surface area contributed by atoms with E-state index in [0.717, 1.165) is 16.8 Å². The Morgan fingerprint density at radius 1 is 1.38 bits per heavy atom. The standard InChI is InChI=1S/C18H23NO2/c1-14-9-10-17(13-16(14)8-4-5-11-20)19-18(21)12-15-6-2-3-7-15/h9-10,13,15,20H,2-3,5-7,11-12H2,1H3,(H,19,21). The Morgan fingerprint density at radius 3 is 2.86 bits per heavy atom. The van der Waals surface area contributed by atoms with Crippen molar-refractivity contribution >= 4 is 11.6 Å². The molecule has 2 rings (SSSR count). The average Bonchev–Trinajstić information content (AvgIpc) is 2.95. The van der Waals surface area contributed by atoms with Crippen molar-refractivity contribution in [3.8, 4) is 11.8 Å². The van der Waals surface area contributed by atoms with Crippen LogP contribution in [-0.2, 0) is 4.79 Å². The molecule has 0 unspecified atom stereocenters. The third-order valence-electron chi connectivity index (χ3n) is 3.93. The molecule has 0 aromatic heterocycles. The quantitative estimate of drug-likeness (QED) is 0.834. The molecule has 0 bridgehead atoms. The van der Waals surface area contributed by atoms with E-state index in [2.05, 4.69) is 17.2 Å². The number of aryl methyl sites for hydroxylation is 1. The molecule has 1 saturated carbocycles. The van der Waals surface area contributed by atoms with Gasteiger partial charge in [-0.05, 0) is 43.4 Å². The third-order valence-corrected chi connectivity index (χ3v) is 3.93. The molecule has 1 aromatic carbocycles. The Hall–Kier alpha value is -1.79. The van der Waals surface area contributed by atoms with Gasteiger partial charge in [-0.1, -0.05) is 30.7 Å². The first kappa shape index (κ1) is 15.6. The monoisotopic (exact) mass is 285 g/mol. The molecule has 2 N–H and O–H groups in total. The molecule has 1 aliphatic carbocycles. The number of amides is 1. The van der Waals surface area contributed by atoms with Gasteiger partial charge < -0.3 is 10.4 Å². The second-order valence-corrected chi connectivity index (χ2v) is 5.71. The van der Waals surface area contributed by atoms with Crippen molar-refractivity contribution in [3.05, 3.63) is 29.3 Å². The van der Waals surface area contributed by atoms with E-state index in [-0.39, 0.29) is 12.5 Å². The summed E-state index contributed by atoms with van der Waals surface area (Å²) in [6, 6.07) is 5.79. The Morgan fingerprint density at radius 2 is 2.14 bits per heavy atom. The molecule has 112 valence electrons. The molecular formula is C18H23NO2. The Bertz CT molecular complexity index is 548. The summed E-state index contributed by atoms with van der Waals surface area (Å²) >= 11 is 0. The number of carbonyl (C=O) groups excluding carboxylic acids is 1. The van der Waals surface area contributed by atoms with Crippen molar-refractivity contribution in [1.29, 1.82) is 0 Å². The first-order valence-electron chi connectivity index (χ1n) is 7.69. The minimum Gasteiger partial charge on any atom is -0.395 e. The highest BCUT2D eigenvalue weighted by Crippen LogP contribution is 2.27. The maximum atomic E-state index is 12.0. The van der Waals surface area contributed by atoms with E-state index in [1.165, 1.54) is 25.7 Å². The molecule has 0 heterocycles. The van der Waals surface area contributed by atoms with Gasteiger partial charge in [0.15, 0.2) is 0 Å². The highest BCUT2D eigenvalue weighted by Gasteiger charge is 2.18. The van der Waals surface area contributed by atoms with Crippen LogP contribution in [-0.4, -0.2) is 17.6 Å². The van der Waals surface area contributed by atoms with Gasteiger partial charge in [0, 0.05) is 24.1 Å². The van der Waals surface area contributed by atoms with Crippen molar-refractivity contribution in [2.45, 2.75) is 45.4 Å². The summed E-state index contributed by atoms with van der Waals surface area (Å²) in [5.74, 6) is 6.61. The largest absolute Gasteiger partial charge is 0.395 e. The zero-order valence-electron chi connectivity index (χ0n) is 12.6. The molecule has 21 heavy (non-hydrogen) atoms. The predicted octanol–water partition coefficient (Wildman–Crippen LogP) is 3.25.